The number of aliphatic carboxylic acids is 1. The number of carboxylic acid groups (broad SMARTS) is 1. The van der Waals surface area contributed by atoms with E-state index in [1.807, 2.05) is 6.92 Å². The number of amides is 1. The van der Waals surface area contributed by atoms with Gasteiger partial charge in [-0.15, -0.1) is 0 Å². The topological polar surface area (TPSA) is 118 Å². The van der Waals surface area contributed by atoms with Gasteiger partial charge in [-0.3, -0.25) is 9.59 Å². The van der Waals surface area contributed by atoms with Crippen molar-refractivity contribution in [3.05, 3.63) is 0 Å². The van der Waals surface area contributed by atoms with Crippen molar-refractivity contribution in [2.24, 2.45) is 0 Å². The minimum atomic E-state index is -3.96. The molecule has 0 aromatic heterocycles. The minimum Gasteiger partial charge on any atom is -0.479 e. The number of nitrogens with zero attached hydrogens (tertiary/aromatic N) is 1. The standard InChI is InChI=1S/C17H27NO7S/c1-6-7-8-9-13(20)25-15(2,3)17(14(21)22)16(4,5)26(23,24)12-10-11(19)18(12)17/h12H,6-10H2,1-5H3,(H,21,22)/t12-,17-/m1/s1. The van der Waals surface area contributed by atoms with E-state index in [-0.39, 0.29) is 12.8 Å². The van der Waals surface area contributed by atoms with Gasteiger partial charge in [0, 0.05) is 6.42 Å². The third-order valence-corrected chi connectivity index (χ3v) is 8.55. The molecule has 8 nitrogen and oxygen atoms in total. The number of carbonyl (C=O) groups is 3. The maximum Gasteiger partial charge on any atom is 0.335 e. The highest BCUT2D eigenvalue weighted by molar-refractivity contribution is 7.94. The number of esters is 1. The number of rotatable bonds is 7. The van der Waals surface area contributed by atoms with E-state index >= 15 is 0 Å². The summed E-state index contributed by atoms with van der Waals surface area (Å²) in [5.41, 5.74) is -3.93. The molecule has 2 aliphatic rings. The second-order valence-corrected chi connectivity index (χ2v) is 10.6. The van der Waals surface area contributed by atoms with Crippen LogP contribution in [0, 0.1) is 0 Å². The highest BCUT2D eigenvalue weighted by atomic mass is 32.2. The average molecular weight is 389 g/mol. The molecule has 2 fully saturated rings. The Kier molecular flexibility index (Phi) is 4.94. The largest absolute Gasteiger partial charge is 0.479 e. The van der Waals surface area contributed by atoms with Crippen molar-refractivity contribution in [3.8, 4) is 0 Å². The van der Waals surface area contributed by atoms with Crippen LogP contribution in [0.15, 0.2) is 0 Å². The molecule has 9 heteroatoms. The van der Waals surface area contributed by atoms with Crippen LogP contribution in [0.1, 0.15) is 66.7 Å². The van der Waals surface area contributed by atoms with Crippen molar-refractivity contribution in [1.29, 1.82) is 0 Å². The molecule has 26 heavy (non-hydrogen) atoms. The molecule has 148 valence electrons. The number of ether oxygens (including phenoxy) is 1. The van der Waals surface area contributed by atoms with Gasteiger partial charge in [-0.2, -0.15) is 0 Å². The van der Waals surface area contributed by atoms with E-state index in [1.165, 1.54) is 27.7 Å². The summed E-state index contributed by atoms with van der Waals surface area (Å²) in [6, 6.07) is 0. The van der Waals surface area contributed by atoms with Gasteiger partial charge in [-0.25, -0.2) is 13.2 Å². The molecule has 2 atom stereocenters. The fraction of sp³-hybridized carbons (Fsp3) is 0.824. The van der Waals surface area contributed by atoms with E-state index in [4.69, 9.17) is 4.74 Å². The summed E-state index contributed by atoms with van der Waals surface area (Å²) in [7, 11) is -3.96. The molecule has 2 aliphatic heterocycles. The number of carboxylic acids is 1. The van der Waals surface area contributed by atoms with Gasteiger partial charge in [0.1, 0.15) is 15.7 Å². The van der Waals surface area contributed by atoms with Gasteiger partial charge < -0.3 is 14.7 Å². The van der Waals surface area contributed by atoms with E-state index in [2.05, 4.69) is 0 Å². The monoisotopic (exact) mass is 389 g/mol. The fourth-order valence-electron chi connectivity index (χ4n) is 4.44. The molecular weight excluding hydrogens is 362 g/mol. The molecule has 1 N–H and O–H groups in total. The molecule has 2 heterocycles. The number of hydrogen-bond donors (Lipinski definition) is 1. The molecule has 0 unspecified atom stereocenters. The van der Waals surface area contributed by atoms with Crippen molar-refractivity contribution in [2.75, 3.05) is 0 Å². The summed E-state index contributed by atoms with van der Waals surface area (Å²) < 4.78 is 29.4. The van der Waals surface area contributed by atoms with E-state index < -0.39 is 48.9 Å². The first-order valence-electron chi connectivity index (χ1n) is 8.80. The van der Waals surface area contributed by atoms with E-state index in [9.17, 15) is 27.9 Å². The third kappa shape index (κ3) is 2.39. The number of unbranched alkanes of at least 4 members (excludes halogenated alkanes) is 2. The fourth-order valence-corrected chi connectivity index (χ4v) is 6.88. The Bertz CT molecular complexity index is 740. The minimum absolute atomic E-state index is 0.109. The van der Waals surface area contributed by atoms with E-state index in [1.54, 1.807) is 0 Å². The molecule has 2 saturated heterocycles. The second-order valence-electron chi connectivity index (χ2n) is 7.93. The zero-order chi connectivity index (χ0) is 20.1. The first-order valence-corrected chi connectivity index (χ1v) is 10.3. The summed E-state index contributed by atoms with van der Waals surface area (Å²) >= 11 is 0. The predicted molar refractivity (Wildman–Crippen MR) is 92.9 cm³/mol. The predicted octanol–water partition coefficient (Wildman–Crippen LogP) is 1.48. The lowest BCUT2D eigenvalue weighted by Crippen LogP contribution is -2.76. The van der Waals surface area contributed by atoms with Crippen molar-refractivity contribution in [1.82, 2.24) is 4.90 Å². The highest BCUT2D eigenvalue weighted by Crippen LogP contribution is 2.57. The lowest BCUT2D eigenvalue weighted by Gasteiger charge is -2.52. The molecule has 0 bridgehead atoms. The molecule has 1 amide bonds. The molecule has 0 aromatic carbocycles. The summed E-state index contributed by atoms with van der Waals surface area (Å²) in [5, 5.41) is 8.89. The maximum atomic E-state index is 12.9. The second kappa shape index (κ2) is 6.21. The SMILES string of the molecule is CCCCCC(=O)OC(C)(C)[C@@]1(C(=O)O)N2C(=O)C[C@H]2S(=O)(=O)C1(C)C. The Balaban J connectivity index is 2.51. The number of carbonyl (C=O) groups excluding carboxylic acids is 2. The smallest absolute Gasteiger partial charge is 0.335 e. The van der Waals surface area contributed by atoms with Gasteiger partial charge in [0.05, 0.1) is 6.42 Å². The first kappa shape index (κ1) is 20.7. The van der Waals surface area contributed by atoms with Crippen LogP contribution in [0.5, 0.6) is 0 Å². The number of sulfone groups is 1. The number of fused-ring (bicyclic) bond motifs is 1. The van der Waals surface area contributed by atoms with Crippen LogP contribution in [0.4, 0.5) is 0 Å². The molecule has 0 aromatic rings. The van der Waals surface area contributed by atoms with E-state index in [0.29, 0.717) is 6.42 Å². The van der Waals surface area contributed by atoms with Gasteiger partial charge in [0.25, 0.3) is 0 Å². The Labute approximate surface area is 153 Å². The Morgan fingerprint density at radius 3 is 2.35 bits per heavy atom. The molecule has 0 spiro atoms. The van der Waals surface area contributed by atoms with Crippen molar-refractivity contribution in [3.63, 3.8) is 0 Å². The average Bonchev–Trinajstić information content (AvgIpc) is 2.59. The van der Waals surface area contributed by atoms with Crippen LogP contribution in [0.2, 0.25) is 0 Å². The zero-order valence-electron chi connectivity index (χ0n) is 15.9. The Morgan fingerprint density at radius 2 is 1.88 bits per heavy atom. The molecule has 2 rings (SSSR count). The summed E-state index contributed by atoms with van der Waals surface area (Å²) in [6.07, 6.45) is 2.19. The number of β-lactam (4-membered cyclic amide) rings is 1. The highest BCUT2D eigenvalue weighted by Gasteiger charge is 2.82. The van der Waals surface area contributed by atoms with Crippen LogP contribution in [-0.4, -0.2) is 57.5 Å². The first-order chi connectivity index (χ1) is 11.8. The van der Waals surface area contributed by atoms with Gasteiger partial charge in [0.15, 0.2) is 15.4 Å². The van der Waals surface area contributed by atoms with Crippen LogP contribution < -0.4 is 0 Å². The lowest BCUT2D eigenvalue weighted by atomic mass is 9.70. The van der Waals surface area contributed by atoms with Crippen molar-refractivity contribution in [2.45, 2.75) is 88.0 Å². The zero-order valence-corrected chi connectivity index (χ0v) is 16.7. The Morgan fingerprint density at radius 1 is 1.31 bits per heavy atom. The summed E-state index contributed by atoms with van der Waals surface area (Å²) in [4.78, 5) is 37.7. The number of hydrogen-bond acceptors (Lipinski definition) is 6. The van der Waals surface area contributed by atoms with Crippen LogP contribution in [0.25, 0.3) is 0 Å². The molecular formula is C17H27NO7S. The maximum absolute atomic E-state index is 12.9. The van der Waals surface area contributed by atoms with Gasteiger partial charge >= 0.3 is 11.9 Å². The molecule has 0 saturated carbocycles. The van der Waals surface area contributed by atoms with Crippen molar-refractivity contribution < 1.29 is 32.6 Å². The van der Waals surface area contributed by atoms with E-state index in [0.717, 1.165) is 17.7 Å². The molecule has 0 aliphatic carbocycles. The Hall–Kier alpha value is -1.64. The van der Waals surface area contributed by atoms with Gasteiger partial charge in [0.2, 0.25) is 5.91 Å². The van der Waals surface area contributed by atoms with Crippen LogP contribution in [-0.2, 0) is 29.0 Å². The lowest BCUT2D eigenvalue weighted by molar-refractivity contribution is -0.201. The third-order valence-electron chi connectivity index (χ3n) is 5.74. The van der Waals surface area contributed by atoms with Crippen LogP contribution >= 0.6 is 0 Å². The van der Waals surface area contributed by atoms with Gasteiger partial charge in [-0.05, 0) is 34.1 Å². The van der Waals surface area contributed by atoms with Crippen LogP contribution in [0.3, 0.4) is 0 Å². The molecule has 0 radical (unpaired) electrons. The quantitative estimate of drug-likeness (QED) is 0.398. The normalized spacial score (nSPS) is 29.0. The summed E-state index contributed by atoms with van der Waals surface area (Å²) in [5.74, 6) is -2.66. The van der Waals surface area contributed by atoms with Crippen molar-refractivity contribution >= 4 is 27.7 Å². The summed E-state index contributed by atoms with van der Waals surface area (Å²) in [6.45, 7) is 7.29. The van der Waals surface area contributed by atoms with Gasteiger partial charge in [-0.1, -0.05) is 19.8 Å².